The predicted molar refractivity (Wildman–Crippen MR) is 68.5 cm³/mol. The molecule has 2 heteroatoms. The highest BCUT2D eigenvalue weighted by Gasteiger charge is 2.03. The van der Waals surface area contributed by atoms with Crippen LogP contribution in [0.5, 0.6) is 0 Å². The molecule has 2 nitrogen and oxygen atoms in total. The number of hydrogen-bond donors (Lipinski definition) is 1. The number of aromatic nitrogens is 1. The molecule has 0 amide bonds. The van der Waals surface area contributed by atoms with Crippen LogP contribution in [-0.4, -0.2) is 11.0 Å². The van der Waals surface area contributed by atoms with Gasteiger partial charge in [0.05, 0.1) is 5.52 Å². The SMILES string of the molecule is Cc1cc(CNC(C)C)c2ccccc2n1. The minimum Gasteiger partial charge on any atom is -0.310 e. The maximum atomic E-state index is 4.54. The van der Waals surface area contributed by atoms with Gasteiger partial charge in [-0.1, -0.05) is 32.0 Å². The molecule has 0 aliphatic carbocycles. The van der Waals surface area contributed by atoms with Gasteiger partial charge in [-0.25, -0.2) is 0 Å². The van der Waals surface area contributed by atoms with Gasteiger partial charge in [0.1, 0.15) is 0 Å². The molecular weight excluding hydrogens is 196 g/mol. The molecule has 0 spiro atoms. The van der Waals surface area contributed by atoms with E-state index < -0.39 is 0 Å². The van der Waals surface area contributed by atoms with E-state index in [0.29, 0.717) is 6.04 Å². The molecule has 2 rings (SSSR count). The summed E-state index contributed by atoms with van der Waals surface area (Å²) in [4.78, 5) is 4.54. The number of para-hydroxylation sites is 1. The number of nitrogens with zero attached hydrogens (tertiary/aromatic N) is 1. The molecule has 0 unspecified atom stereocenters. The first-order valence-electron chi connectivity index (χ1n) is 5.75. The lowest BCUT2D eigenvalue weighted by Crippen LogP contribution is -2.22. The predicted octanol–water partition coefficient (Wildman–Crippen LogP) is 3.04. The quantitative estimate of drug-likeness (QED) is 0.849. The van der Waals surface area contributed by atoms with Crippen molar-refractivity contribution in [3.05, 3.63) is 41.6 Å². The Hall–Kier alpha value is -1.41. The Kier molecular flexibility index (Phi) is 3.20. The van der Waals surface area contributed by atoms with E-state index in [4.69, 9.17) is 0 Å². The molecule has 1 aromatic carbocycles. The lowest BCUT2D eigenvalue weighted by molar-refractivity contribution is 0.590. The maximum Gasteiger partial charge on any atom is 0.0708 e. The third-order valence-electron chi connectivity index (χ3n) is 2.63. The smallest absolute Gasteiger partial charge is 0.0708 e. The van der Waals surface area contributed by atoms with Gasteiger partial charge in [0.25, 0.3) is 0 Å². The highest BCUT2D eigenvalue weighted by molar-refractivity contribution is 5.82. The molecule has 0 saturated carbocycles. The summed E-state index contributed by atoms with van der Waals surface area (Å²) in [7, 11) is 0. The Labute approximate surface area is 96.7 Å². The van der Waals surface area contributed by atoms with E-state index in [1.54, 1.807) is 0 Å². The number of aryl methyl sites for hydroxylation is 1. The van der Waals surface area contributed by atoms with E-state index in [2.05, 4.69) is 48.4 Å². The van der Waals surface area contributed by atoms with Crippen molar-refractivity contribution in [1.29, 1.82) is 0 Å². The van der Waals surface area contributed by atoms with Crippen LogP contribution in [0.25, 0.3) is 10.9 Å². The molecule has 1 aromatic heterocycles. The van der Waals surface area contributed by atoms with Crippen molar-refractivity contribution in [2.75, 3.05) is 0 Å². The standard InChI is InChI=1S/C14H18N2/c1-10(2)15-9-12-8-11(3)16-14-7-5-4-6-13(12)14/h4-8,10,15H,9H2,1-3H3. The summed E-state index contributed by atoms with van der Waals surface area (Å²) in [6.45, 7) is 7.28. The molecule has 0 bridgehead atoms. The first-order valence-corrected chi connectivity index (χ1v) is 5.75. The molecule has 0 fully saturated rings. The average Bonchev–Trinajstić information content (AvgIpc) is 2.25. The van der Waals surface area contributed by atoms with Gasteiger partial charge >= 0.3 is 0 Å². The van der Waals surface area contributed by atoms with Crippen molar-refractivity contribution < 1.29 is 0 Å². The summed E-state index contributed by atoms with van der Waals surface area (Å²) in [5, 5.41) is 4.70. The molecular formula is C14H18N2. The summed E-state index contributed by atoms with van der Waals surface area (Å²) in [6.07, 6.45) is 0. The summed E-state index contributed by atoms with van der Waals surface area (Å²) in [5.41, 5.74) is 3.50. The average molecular weight is 214 g/mol. The van der Waals surface area contributed by atoms with E-state index in [-0.39, 0.29) is 0 Å². The number of rotatable bonds is 3. The lowest BCUT2D eigenvalue weighted by Gasteiger charge is -2.11. The van der Waals surface area contributed by atoms with Crippen LogP contribution < -0.4 is 5.32 Å². The zero-order chi connectivity index (χ0) is 11.5. The van der Waals surface area contributed by atoms with Crippen molar-refractivity contribution in [2.45, 2.75) is 33.4 Å². The van der Waals surface area contributed by atoms with Gasteiger partial charge in [0, 0.05) is 23.7 Å². The van der Waals surface area contributed by atoms with Crippen LogP contribution in [0.2, 0.25) is 0 Å². The fourth-order valence-corrected chi connectivity index (χ4v) is 1.86. The van der Waals surface area contributed by atoms with Gasteiger partial charge in [0.2, 0.25) is 0 Å². The second kappa shape index (κ2) is 4.62. The fourth-order valence-electron chi connectivity index (χ4n) is 1.86. The van der Waals surface area contributed by atoms with Crippen LogP contribution in [0, 0.1) is 6.92 Å². The molecule has 0 saturated heterocycles. The number of fused-ring (bicyclic) bond motifs is 1. The summed E-state index contributed by atoms with van der Waals surface area (Å²) in [5.74, 6) is 0. The van der Waals surface area contributed by atoms with Crippen LogP contribution in [0.4, 0.5) is 0 Å². The number of pyridine rings is 1. The lowest BCUT2D eigenvalue weighted by atomic mass is 10.1. The molecule has 16 heavy (non-hydrogen) atoms. The molecule has 1 N–H and O–H groups in total. The van der Waals surface area contributed by atoms with E-state index in [0.717, 1.165) is 17.8 Å². The van der Waals surface area contributed by atoms with Crippen LogP contribution >= 0.6 is 0 Å². The van der Waals surface area contributed by atoms with Crippen molar-refractivity contribution >= 4 is 10.9 Å². The highest BCUT2D eigenvalue weighted by Crippen LogP contribution is 2.17. The Morgan fingerprint density at radius 3 is 2.75 bits per heavy atom. The molecule has 1 heterocycles. The van der Waals surface area contributed by atoms with E-state index >= 15 is 0 Å². The minimum atomic E-state index is 0.507. The van der Waals surface area contributed by atoms with Gasteiger partial charge in [-0.15, -0.1) is 0 Å². The largest absolute Gasteiger partial charge is 0.310 e. The molecule has 0 radical (unpaired) electrons. The Balaban J connectivity index is 2.42. The molecule has 0 aliphatic heterocycles. The van der Waals surface area contributed by atoms with Crippen molar-refractivity contribution in [2.24, 2.45) is 0 Å². The Bertz CT molecular complexity index is 489. The zero-order valence-corrected chi connectivity index (χ0v) is 10.1. The monoisotopic (exact) mass is 214 g/mol. The van der Waals surface area contributed by atoms with Crippen LogP contribution in [0.15, 0.2) is 30.3 Å². The highest BCUT2D eigenvalue weighted by atomic mass is 14.9. The van der Waals surface area contributed by atoms with E-state index in [1.807, 2.05) is 13.0 Å². The Morgan fingerprint density at radius 1 is 1.25 bits per heavy atom. The van der Waals surface area contributed by atoms with Crippen LogP contribution in [0.3, 0.4) is 0 Å². The molecule has 84 valence electrons. The first kappa shape index (κ1) is 11.1. The van der Waals surface area contributed by atoms with Crippen LogP contribution in [0.1, 0.15) is 25.1 Å². The minimum absolute atomic E-state index is 0.507. The van der Waals surface area contributed by atoms with Gasteiger partial charge < -0.3 is 5.32 Å². The molecule has 2 aromatic rings. The van der Waals surface area contributed by atoms with Gasteiger partial charge in [0.15, 0.2) is 0 Å². The maximum absolute atomic E-state index is 4.54. The number of benzene rings is 1. The normalized spacial score (nSPS) is 11.2. The van der Waals surface area contributed by atoms with Crippen molar-refractivity contribution in [1.82, 2.24) is 10.3 Å². The first-order chi connectivity index (χ1) is 7.66. The molecule has 0 atom stereocenters. The molecule has 0 aliphatic rings. The second-order valence-corrected chi connectivity index (χ2v) is 4.48. The van der Waals surface area contributed by atoms with Gasteiger partial charge in [-0.05, 0) is 24.6 Å². The fraction of sp³-hybridized carbons (Fsp3) is 0.357. The third kappa shape index (κ3) is 2.39. The van der Waals surface area contributed by atoms with E-state index in [9.17, 15) is 0 Å². The topological polar surface area (TPSA) is 24.9 Å². The Morgan fingerprint density at radius 2 is 2.00 bits per heavy atom. The van der Waals surface area contributed by atoms with Crippen LogP contribution in [-0.2, 0) is 6.54 Å². The summed E-state index contributed by atoms with van der Waals surface area (Å²) in [6, 6.07) is 11.0. The summed E-state index contributed by atoms with van der Waals surface area (Å²) >= 11 is 0. The van der Waals surface area contributed by atoms with Gasteiger partial charge in [-0.2, -0.15) is 0 Å². The number of nitrogens with one attached hydrogen (secondary N) is 1. The second-order valence-electron chi connectivity index (χ2n) is 4.48. The number of hydrogen-bond acceptors (Lipinski definition) is 2. The van der Waals surface area contributed by atoms with Crippen molar-refractivity contribution in [3.63, 3.8) is 0 Å². The third-order valence-corrected chi connectivity index (χ3v) is 2.63. The van der Waals surface area contributed by atoms with Gasteiger partial charge in [-0.3, -0.25) is 4.98 Å². The zero-order valence-electron chi connectivity index (χ0n) is 10.1. The summed E-state index contributed by atoms with van der Waals surface area (Å²) < 4.78 is 0. The van der Waals surface area contributed by atoms with E-state index in [1.165, 1.54) is 10.9 Å². The van der Waals surface area contributed by atoms with Crippen molar-refractivity contribution in [3.8, 4) is 0 Å².